The van der Waals surface area contributed by atoms with E-state index in [0.29, 0.717) is 29.8 Å². The Morgan fingerprint density at radius 2 is 1.67 bits per heavy atom. The summed E-state index contributed by atoms with van der Waals surface area (Å²) in [4.78, 5) is 15.3. The van der Waals surface area contributed by atoms with Crippen LogP contribution in [0.4, 0.5) is 0 Å². The van der Waals surface area contributed by atoms with Crippen LogP contribution in [-0.2, 0) is 6.54 Å². The summed E-state index contributed by atoms with van der Waals surface area (Å²) in [5, 5.41) is 0. The third kappa shape index (κ3) is 3.01. The zero-order valence-electron chi connectivity index (χ0n) is 16.5. The van der Waals surface area contributed by atoms with Crippen molar-refractivity contribution in [3.8, 4) is 22.6 Å². The molecule has 0 aromatic heterocycles. The number of carbonyl (C=O) groups excluding carboxylic acids is 1. The second-order valence-corrected chi connectivity index (χ2v) is 8.10. The first kappa shape index (κ1) is 17.5. The second kappa shape index (κ2) is 6.85. The van der Waals surface area contributed by atoms with Gasteiger partial charge in [-0.05, 0) is 47.7 Å². The zero-order valence-corrected chi connectivity index (χ0v) is 16.5. The Balaban J connectivity index is 1.29. The molecule has 0 N–H and O–H groups in total. The molecule has 4 nitrogen and oxygen atoms in total. The predicted octanol–water partition coefficient (Wildman–Crippen LogP) is 5.28. The molecule has 4 heteroatoms. The predicted molar refractivity (Wildman–Crippen MR) is 115 cm³/mol. The largest absolute Gasteiger partial charge is 0.478 e. The molecule has 148 valence electrons. The van der Waals surface area contributed by atoms with Crippen molar-refractivity contribution in [2.75, 3.05) is 6.73 Å². The number of rotatable bonds is 3. The van der Waals surface area contributed by atoms with E-state index < -0.39 is 0 Å². The van der Waals surface area contributed by atoms with E-state index >= 15 is 0 Å². The summed E-state index contributed by atoms with van der Waals surface area (Å²) in [6.07, 6.45) is 4.26. The van der Waals surface area contributed by atoms with Crippen LogP contribution in [0, 0.1) is 0 Å². The first-order valence-electron chi connectivity index (χ1n) is 10.4. The van der Waals surface area contributed by atoms with Gasteiger partial charge in [0.1, 0.15) is 18.2 Å². The third-order valence-corrected chi connectivity index (χ3v) is 6.02. The lowest BCUT2D eigenvalue weighted by Crippen LogP contribution is -2.33. The fourth-order valence-corrected chi connectivity index (χ4v) is 4.20. The fraction of sp³-hybridized carbons (Fsp3) is 0.192. The molecule has 1 fully saturated rings. The summed E-state index contributed by atoms with van der Waals surface area (Å²) < 4.78 is 12.0. The minimum absolute atomic E-state index is 0.0662. The van der Waals surface area contributed by atoms with Crippen molar-refractivity contribution in [1.82, 2.24) is 4.90 Å². The van der Waals surface area contributed by atoms with Crippen LogP contribution in [0.15, 0.2) is 72.5 Å². The molecule has 2 aliphatic heterocycles. The highest BCUT2D eigenvalue weighted by Crippen LogP contribution is 2.43. The number of fused-ring (bicyclic) bond motifs is 3. The average Bonchev–Trinajstić information content (AvgIpc) is 3.60. The Kier molecular flexibility index (Phi) is 3.99. The molecule has 0 spiro atoms. The molecule has 0 radical (unpaired) electrons. The second-order valence-electron chi connectivity index (χ2n) is 8.10. The Hall–Kier alpha value is -3.37. The maximum Gasteiger partial charge on any atom is 0.231 e. The Labute approximate surface area is 175 Å². The number of ether oxygens (including phenoxy) is 2. The topological polar surface area (TPSA) is 38.8 Å². The molecule has 0 atom stereocenters. The van der Waals surface area contributed by atoms with E-state index in [-0.39, 0.29) is 5.78 Å². The van der Waals surface area contributed by atoms with Crippen molar-refractivity contribution in [2.24, 2.45) is 0 Å². The molecule has 0 unspecified atom stereocenters. The van der Waals surface area contributed by atoms with E-state index in [9.17, 15) is 4.79 Å². The van der Waals surface area contributed by atoms with E-state index in [4.69, 9.17) is 9.47 Å². The van der Waals surface area contributed by atoms with Crippen molar-refractivity contribution in [3.63, 3.8) is 0 Å². The van der Waals surface area contributed by atoms with Crippen LogP contribution in [0.25, 0.3) is 17.2 Å². The molecule has 3 aromatic rings. The number of hydrogen-bond donors (Lipinski definition) is 0. The van der Waals surface area contributed by atoms with Gasteiger partial charge in [-0.2, -0.15) is 0 Å². The SMILES string of the molecule is O=C1C(=Cc2ccc(-c3ccccc3)cc2)Oc2c1ccc1c2CN(C2CC2)CO1. The Morgan fingerprint density at radius 1 is 0.900 bits per heavy atom. The normalized spacial score (nSPS) is 19.2. The molecule has 0 amide bonds. The van der Waals surface area contributed by atoms with Gasteiger partial charge in [0.15, 0.2) is 5.76 Å². The van der Waals surface area contributed by atoms with Crippen molar-refractivity contribution in [1.29, 1.82) is 0 Å². The quantitative estimate of drug-likeness (QED) is 0.565. The van der Waals surface area contributed by atoms with Crippen LogP contribution in [0.5, 0.6) is 11.5 Å². The van der Waals surface area contributed by atoms with Gasteiger partial charge in [0.2, 0.25) is 5.78 Å². The lowest BCUT2D eigenvalue weighted by Gasteiger charge is -2.29. The summed E-state index contributed by atoms with van der Waals surface area (Å²) >= 11 is 0. The maximum absolute atomic E-state index is 13.0. The lowest BCUT2D eigenvalue weighted by atomic mass is 10.0. The summed E-state index contributed by atoms with van der Waals surface area (Å²) in [6.45, 7) is 1.39. The highest BCUT2D eigenvalue weighted by molar-refractivity contribution is 6.15. The first-order valence-corrected chi connectivity index (χ1v) is 10.4. The number of ketones is 1. The minimum atomic E-state index is -0.0662. The van der Waals surface area contributed by atoms with E-state index in [1.54, 1.807) is 0 Å². The summed E-state index contributed by atoms with van der Waals surface area (Å²) in [6, 6.07) is 22.7. The van der Waals surface area contributed by atoms with Crippen LogP contribution in [0.1, 0.15) is 34.3 Å². The lowest BCUT2D eigenvalue weighted by molar-refractivity contribution is 0.0868. The monoisotopic (exact) mass is 395 g/mol. The first-order chi connectivity index (χ1) is 14.8. The standard InChI is InChI=1S/C26H21NO3/c28-25-21-12-13-23-22(15-27(16-29-23)20-10-11-20)26(21)30-24(25)14-17-6-8-19(9-7-17)18-4-2-1-3-5-18/h1-9,12-14,20H,10-11,15-16H2. The molecule has 0 saturated heterocycles. The highest BCUT2D eigenvalue weighted by atomic mass is 16.5. The van der Waals surface area contributed by atoms with E-state index in [1.807, 2.05) is 48.5 Å². The number of benzene rings is 3. The molecule has 2 heterocycles. The van der Waals surface area contributed by atoms with E-state index in [0.717, 1.165) is 29.0 Å². The van der Waals surface area contributed by atoms with Crippen LogP contribution >= 0.6 is 0 Å². The van der Waals surface area contributed by atoms with Gasteiger partial charge in [-0.1, -0.05) is 54.6 Å². The highest BCUT2D eigenvalue weighted by Gasteiger charge is 2.37. The fourth-order valence-electron chi connectivity index (χ4n) is 4.20. The van der Waals surface area contributed by atoms with Crippen molar-refractivity contribution < 1.29 is 14.3 Å². The molecular formula is C26H21NO3. The Bertz CT molecular complexity index is 1160. The van der Waals surface area contributed by atoms with Gasteiger partial charge in [-0.25, -0.2) is 0 Å². The van der Waals surface area contributed by atoms with Crippen LogP contribution in [0.2, 0.25) is 0 Å². The smallest absolute Gasteiger partial charge is 0.231 e. The van der Waals surface area contributed by atoms with Gasteiger partial charge in [-0.3, -0.25) is 9.69 Å². The summed E-state index contributed by atoms with van der Waals surface area (Å²) in [5.41, 5.74) is 4.87. The molecule has 3 aliphatic rings. The number of allylic oxidation sites excluding steroid dienone is 1. The van der Waals surface area contributed by atoms with Crippen molar-refractivity contribution in [3.05, 3.63) is 89.2 Å². The van der Waals surface area contributed by atoms with Crippen LogP contribution in [0.3, 0.4) is 0 Å². The number of hydrogen-bond acceptors (Lipinski definition) is 4. The number of Topliss-reactive ketones (excluding diaryl/α,β-unsaturated/α-hetero) is 1. The molecule has 1 saturated carbocycles. The van der Waals surface area contributed by atoms with Crippen LogP contribution < -0.4 is 9.47 Å². The zero-order chi connectivity index (χ0) is 20.1. The molecule has 0 bridgehead atoms. The van der Waals surface area contributed by atoms with Crippen molar-refractivity contribution in [2.45, 2.75) is 25.4 Å². The van der Waals surface area contributed by atoms with Gasteiger partial charge in [-0.15, -0.1) is 0 Å². The van der Waals surface area contributed by atoms with Crippen LogP contribution in [-0.4, -0.2) is 23.5 Å². The molecular weight excluding hydrogens is 374 g/mol. The summed E-state index contributed by atoms with van der Waals surface area (Å²) in [5.74, 6) is 1.79. The van der Waals surface area contributed by atoms with Gasteiger partial charge >= 0.3 is 0 Å². The van der Waals surface area contributed by atoms with Gasteiger partial charge in [0.25, 0.3) is 0 Å². The van der Waals surface area contributed by atoms with Gasteiger partial charge < -0.3 is 9.47 Å². The molecule has 1 aliphatic carbocycles. The number of nitrogens with zero attached hydrogens (tertiary/aromatic N) is 1. The van der Waals surface area contributed by atoms with Gasteiger partial charge in [0, 0.05) is 12.6 Å². The molecule has 30 heavy (non-hydrogen) atoms. The van der Waals surface area contributed by atoms with E-state index in [2.05, 4.69) is 29.2 Å². The minimum Gasteiger partial charge on any atom is -0.478 e. The molecule has 3 aromatic carbocycles. The maximum atomic E-state index is 13.0. The Morgan fingerprint density at radius 3 is 2.43 bits per heavy atom. The van der Waals surface area contributed by atoms with E-state index in [1.165, 1.54) is 18.4 Å². The summed E-state index contributed by atoms with van der Waals surface area (Å²) in [7, 11) is 0. The third-order valence-electron chi connectivity index (χ3n) is 6.02. The number of carbonyl (C=O) groups is 1. The average molecular weight is 395 g/mol. The molecule has 6 rings (SSSR count). The van der Waals surface area contributed by atoms with Crippen molar-refractivity contribution >= 4 is 11.9 Å². The van der Waals surface area contributed by atoms with Gasteiger partial charge in [0.05, 0.1) is 11.1 Å².